The van der Waals surface area contributed by atoms with Gasteiger partial charge in [-0.15, -0.1) is 0 Å². The van der Waals surface area contributed by atoms with Crippen LogP contribution >= 0.6 is 0 Å². The van der Waals surface area contributed by atoms with Crippen molar-refractivity contribution in [3.63, 3.8) is 0 Å². The number of hydrogen-bond donors (Lipinski definition) is 2. The van der Waals surface area contributed by atoms with E-state index in [0.29, 0.717) is 5.69 Å². The number of nitrogen functional groups attached to an aromatic ring is 1. The molecule has 0 fully saturated rings. The zero-order chi connectivity index (χ0) is 8.43. The minimum Gasteiger partial charge on any atom is -0.398 e. The maximum atomic E-state index is 7.12. The highest BCUT2D eigenvalue weighted by molar-refractivity contribution is 6.37. The Bertz CT molecular complexity index is 294. The molecule has 2 nitrogen and oxygen atoms in total. The molecule has 0 saturated carbocycles. The molecule has 1 rings (SSSR count). The minimum absolute atomic E-state index is 0.683. The van der Waals surface area contributed by atoms with Crippen molar-refractivity contribution in [2.45, 2.75) is 6.92 Å². The fourth-order valence-electron chi connectivity index (χ4n) is 1.05. The van der Waals surface area contributed by atoms with Gasteiger partial charge in [-0.2, -0.15) is 0 Å². The number of benzene rings is 1. The summed E-state index contributed by atoms with van der Waals surface area (Å²) >= 11 is 0. The van der Waals surface area contributed by atoms with Gasteiger partial charge in [-0.05, 0) is 13.0 Å². The predicted octanol–water partition coefficient (Wildman–Crippen LogP) is -0.167. The van der Waals surface area contributed by atoms with E-state index in [1.54, 1.807) is 0 Å². The van der Waals surface area contributed by atoms with Gasteiger partial charge in [-0.1, -0.05) is 17.1 Å². The topological polar surface area (TPSA) is 49.9 Å². The van der Waals surface area contributed by atoms with Crippen LogP contribution in [0.3, 0.4) is 0 Å². The van der Waals surface area contributed by atoms with E-state index in [9.17, 15) is 0 Å². The fraction of sp³-hybridized carbons (Fsp3) is 0.125. The maximum Gasteiger partial charge on any atom is 0.140 e. The summed E-state index contributed by atoms with van der Waals surface area (Å²) in [6.07, 6.45) is 1.30. The molecule has 0 saturated heterocycles. The van der Waals surface area contributed by atoms with E-state index in [0.717, 1.165) is 11.0 Å². The molecular weight excluding hydrogens is 135 g/mol. The molecule has 56 valence electrons. The van der Waals surface area contributed by atoms with E-state index in [-0.39, 0.29) is 0 Å². The molecule has 0 atom stereocenters. The van der Waals surface area contributed by atoms with Crippen LogP contribution in [0.15, 0.2) is 12.1 Å². The smallest absolute Gasteiger partial charge is 0.140 e. The van der Waals surface area contributed by atoms with Gasteiger partial charge in [0.05, 0.1) is 0 Å². The Kier molecular flexibility index (Phi) is 1.99. The molecule has 0 aliphatic carbocycles. The second kappa shape index (κ2) is 2.78. The highest BCUT2D eigenvalue weighted by atomic mass is 14.6. The summed E-state index contributed by atoms with van der Waals surface area (Å²) in [5.74, 6) is 0. The average molecular weight is 146 g/mol. The van der Waals surface area contributed by atoms with Crippen LogP contribution in [0.4, 0.5) is 5.69 Å². The van der Waals surface area contributed by atoms with Crippen molar-refractivity contribution in [3.05, 3.63) is 23.3 Å². The summed E-state index contributed by atoms with van der Waals surface area (Å²) in [6, 6.07) is 3.81. The molecule has 0 amide bonds. The van der Waals surface area contributed by atoms with Gasteiger partial charge in [0.1, 0.15) is 7.85 Å². The summed E-state index contributed by atoms with van der Waals surface area (Å²) in [7, 11) is 1.98. The average Bonchev–Trinajstić information content (AvgIpc) is 1.99. The van der Waals surface area contributed by atoms with Gasteiger partial charge >= 0.3 is 0 Å². The third kappa shape index (κ3) is 1.27. The summed E-state index contributed by atoms with van der Waals surface area (Å²) in [5.41, 5.74) is 9.45. The molecule has 0 radical (unpaired) electrons. The first kappa shape index (κ1) is 7.86. The molecule has 1 aromatic rings. The molecule has 0 aliphatic rings. The van der Waals surface area contributed by atoms with Gasteiger partial charge in [0.2, 0.25) is 0 Å². The Morgan fingerprint density at radius 3 is 2.64 bits per heavy atom. The fourth-order valence-corrected chi connectivity index (χ4v) is 1.05. The largest absolute Gasteiger partial charge is 0.398 e. The van der Waals surface area contributed by atoms with E-state index < -0.39 is 0 Å². The third-order valence-electron chi connectivity index (χ3n) is 1.96. The van der Waals surface area contributed by atoms with Crippen LogP contribution in [0.5, 0.6) is 0 Å². The minimum atomic E-state index is 0.683. The van der Waals surface area contributed by atoms with Gasteiger partial charge in [0.25, 0.3) is 0 Å². The lowest BCUT2D eigenvalue weighted by molar-refractivity contribution is 1.49. The molecule has 0 aromatic heterocycles. The normalized spacial score (nSPS) is 9.55. The van der Waals surface area contributed by atoms with Gasteiger partial charge in [0, 0.05) is 17.5 Å². The molecule has 0 unspecified atom stereocenters. The number of hydrogen-bond acceptors (Lipinski definition) is 2. The highest BCUT2D eigenvalue weighted by Gasteiger charge is 2.00. The summed E-state index contributed by atoms with van der Waals surface area (Å²) in [6.45, 7) is 2.02. The van der Waals surface area contributed by atoms with Crippen molar-refractivity contribution in [1.29, 1.82) is 5.41 Å². The van der Waals surface area contributed by atoms with E-state index in [1.165, 1.54) is 11.8 Å². The molecule has 11 heavy (non-hydrogen) atoms. The Labute approximate surface area is 67.3 Å². The van der Waals surface area contributed by atoms with E-state index >= 15 is 0 Å². The number of nitrogens with two attached hydrogens (primary N) is 1. The predicted molar refractivity (Wildman–Crippen MR) is 51.7 cm³/mol. The first-order valence-corrected chi connectivity index (χ1v) is 3.53. The van der Waals surface area contributed by atoms with Crippen molar-refractivity contribution >= 4 is 25.2 Å². The Balaban J connectivity index is 3.40. The quantitative estimate of drug-likeness (QED) is 0.322. The van der Waals surface area contributed by atoms with Crippen LogP contribution in [-0.4, -0.2) is 14.1 Å². The van der Waals surface area contributed by atoms with Gasteiger partial charge in [-0.3, -0.25) is 0 Å². The number of anilines is 1. The van der Waals surface area contributed by atoms with E-state index in [2.05, 4.69) is 0 Å². The van der Waals surface area contributed by atoms with E-state index in [1.807, 2.05) is 26.9 Å². The Morgan fingerprint density at radius 1 is 1.55 bits per heavy atom. The van der Waals surface area contributed by atoms with Gasteiger partial charge in [-0.25, -0.2) is 0 Å². The zero-order valence-corrected chi connectivity index (χ0v) is 6.81. The zero-order valence-electron chi connectivity index (χ0n) is 6.81. The van der Waals surface area contributed by atoms with Crippen LogP contribution in [0, 0.1) is 12.3 Å². The monoisotopic (exact) mass is 146 g/mol. The number of nitrogens with one attached hydrogen (secondary N) is 1. The molecule has 0 bridgehead atoms. The SMILES string of the molecule is Bc1c(C)ccc(N)c1C=N. The van der Waals surface area contributed by atoms with Crippen LogP contribution in [0.25, 0.3) is 0 Å². The summed E-state index contributed by atoms with van der Waals surface area (Å²) in [5, 5.41) is 7.12. The maximum absolute atomic E-state index is 7.12. The number of rotatable bonds is 1. The number of aryl methyl sites for hydroxylation is 1. The molecule has 1 aromatic carbocycles. The molecule has 0 heterocycles. The van der Waals surface area contributed by atoms with Crippen molar-refractivity contribution in [2.24, 2.45) is 0 Å². The van der Waals surface area contributed by atoms with E-state index in [4.69, 9.17) is 11.1 Å². The third-order valence-corrected chi connectivity index (χ3v) is 1.96. The lowest BCUT2D eigenvalue weighted by atomic mass is 9.86. The second-order valence-corrected chi connectivity index (χ2v) is 2.65. The van der Waals surface area contributed by atoms with Gasteiger partial charge < -0.3 is 11.1 Å². The van der Waals surface area contributed by atoms with Crippen LogP contribution in [0.2, 0.25) is 0 Å². The first-order valence-electron chi connectivity index (χ1n) is 3.53. The Morgan fingerprint density at radius 2 is 2.18 bits per heavy atom. The van der Waals surface area contributed by atoms with Crippen LogP contribution < -0.4 is 11.2 Å². The van der Waals surface area contributed by atoms with Crippen molar-refractivity contribution < 1.29 is 0 Å². The molecule has 0 aliphatic heterocycles. The summed E-state index contributed by atoms with van der Waals surface area (Å²) < 4.78 is 0. The standard InChI is InChI=1S/C8H11BN2/c1-5-2-3-7(11)6(4-10)8(5)9/h2-4,10H,9,11H2,1H3. The van der Waals surface area contributed by atoms with Crippen molar-refractivity contribution in [3.8, 4) is 0 Å². The van der Waals surface area contributed by atoms with Crippen molar-refractivity contribution in [2.75, 3.05) is 5.73 Å². The van der Waals surface area contributed by atoms with Crippen LogP contribution in [0.1, 0.15) is 11.1 Å². The summed E-state index contributed by atoms with van der Waals surface area (Å²) in [4.78, 5) is 0. The van der Waals surface area contributed by atoms with Gasteiger partial charge in [0.15, 0.2) is 0 Å². The Hall–Kier alpha value is -1.25. The lowest BCUT2D eigenvalue weighted by Crippen LogP contribution is -2.15. The second-order valence-electron chi connectivity index (χ2n) is 2.65. The van der Waals surface area contributed by atoms with Crippen molar-refractivity contribution in [1.82, 2.24) is 0 Å². The molecule has 0 spiro atoms. The highest BCUT2D eigenvalue weighted by Crippen LogP contribution is 2.07. The van der Waals surface area contributed by atoms with Crippen LogP contribution in [-0.2, 0) is 0 Å². The molecule has 3 N–H and O–H groups in total. The first-order chi connectivity index (χ1) is 5.16. The molecule has 3 heteroatoms. The lowest BCUT2D eigenvalue weighted by Gasteiger charge is -2.06. The molecular formula is C8H11BN2.